The summed E-state index contributed by atoms with van der Waals surface area (Å²) in [5.41, 5.74) is 3.96. The van der Waals surface area contributed by atoms with Gasteiger partial charge in [-0.05, 0) is 51.7 Å². The van der Waals surface area contributed by atoms with Crippen molar-refractivity contribution in [2.75, 3.05) is 6.61 Å². The Bertz CT molecular complexity index is 592. The number of benzene rings is 1. The molecular weight excluding hydrogens is 288 g/mol. The summed E-state index contributed by atoms with van der Waals surface area (Å²) in [7, 11) is 0. The number of rotatable bonds is 7. The Hall–Kier alpha value is -2.03. The molecule has 0 N–H and O–H groups in total. The Morgan fingerprint density at radius 2 is 1.61 bits per heavy atom. The summed E-state index contributed by atoms with van der Waals surface area (Å²) >= 11 is 0. The molecule has 0 aliphatic carbocycles. The Morgan fingerprint density at radius 3 is 2.09 bits per heavy atom. The van der Waals surface area contributed by atoms with Gasteiger partial charge in [0, 0.05) is 5.56 Å². The van der Waals surface area contributed by atoms with Crippen molar-refractivity contribution < 1.29 is 14.3 Å². The zero-order valence-corrected chi connectivity index (χ0v) is 15.2. The van der Waals surface area contributed by atoms with Crippen LogP contribution < -0.4 is 0 Å². The molecule has 1 aromatic carbocycles. The average Bonchev–Trinajstić information content (AvgIpc) is 2.58. The van der Waals surface area contributed by atoms with Gasteiger partial charge in [0.05, 0.1) is 12.2 Å². The van der Waals surface area contributed by atoms with Crippen LogP contribution in [0.4, 0.5) is 0 Å². The fraction of sp³-hybridized carbons (Fsp3) is 0.450. The van der Waals surface area contributed by atoms with Gasteiger partial charge in [0.2, 0.25) is 0 Å². The van der Waals surface area contributed by atoms with Crippen molar-refractivity contribution in [2.45, 2.75) is 54.4 Å². The number of aryl methyl sites for hydroxylation is 1. The summed E-state index contributed by atoms with van der Waals surface area (Å²) in [4.78, 5) is 11.8. The van der Waals surface area contributed by atoms with Crippen LogP contribution in [0.1, 0.15) is 59.1 Å². The van der Waals surface area contributed by atoms with Crippen LogP contribution in [0, 0.1) is 0 Å². The van der Waals surface area contributed by atoms with Gasteiger partial charge in [-0.1, -0.05) is 38.1 Å². The van der Waals surface area contributed by atoms with Crippen molar-refractivity contribution in [3.63, 3.8) is 0 Å². The van der Waals surface area contributed by atoms with E-state index in [1.807, 2.05) is 0 Å². The summed E-state index contributed by atoms with van der Waals surface area (Å²) < 4.78 is 11.1. The lowest BCUT2D eigenvalue weighted by Crippen LogP contribution is -2.08. The Labute approximate surface area is 140 Å². The molecule has 0 aliphatic heterocycles. The highest BCUT2D eigenvalue weighted by molar-refractivity contribution is 5.88. The topological polar surface area (TPSA) is 35.5 Å². The normalized spacial score (nSPS) is 13.1. The zero-order chi connectivity index (χ0) is 17.4. The summed E-state index contributed by atoms with van der Waals surface area (Å²) in [6.07, 6.45) is 1.89. The molecule has 3 nitrogen and oxygen atoms in total. The Kier molecular flexibility index (Phi) is 7.60. The van der Waals surface area contributed by atoms with E-state index in [1.54, 1.807) is 20.8 Å². The molecule has 0 aromatic heterocycles. The number of allylic oxidation sites excluding steroid dienone is 2. The summed E-state index contributed by atoms with van der Waals surface area (Å²) in [6.45, 7) is 12.0. The first-order valence-electron chi connectivity index (χ1n) is 8.25. The predicted octanol–water partition coefficient (Wildman–Crippen LogP) is 5.26. The van der Waals surface area contributed by atoms with Crippen LogP contribution in [-0.2, 0) is 20.7 Å². The highest BCUT2D eigenvalue weighted by atomic mass is 16.5. The molecule has 0 spiro atoms. The van der Waals surface area contributed by atoms with Crippen molar-refractivity contribution >= 4 is 11.7 Å². The van der Waals surface area contributed by atoms with Gasteiger partial charge in [-0.15, -0.1) is 0 Å². The summed E-state index contributed by atoms with van der Waals surface area (Å²) in [5, 5.41) is 0. The molecule has 0 aliphatic rings. The Balaban J connectivity index is 3.14. The van der Waals surface area contributed by atoms with E-state index in [1.165, 1.54) is 5.56 Å². The number of hydrogen-bond donors (Lipinski definition) is 0. The van der Waals surface area contributed by atoms with Crippen LogP contribution in [0.5, 0.6) is 0 Å². The van der Waals surface area contributed by atoms with Crippen LogP contribution >= 0.6 is 0 Å². The molecule has 0 heterocycles. The first kappa shape index (κ1) is 19.0. The lowest BCUT2D eigenvalue weighted by atomic mass is 10.0. The number of esters is 1. The van der Waals surface area contributed by atoms with E-state index in [9.17, 15) is 4.79 Å². The molecule has 0 atom stereocenters. The molecule has 1 rings (SSSR count). The van der Waals surface area contributed by atoms with Gasteiger partial charge in [0.1, 0.15) is 11.5 Å². The number of carbonyl (C=O) groups is 1. The minimum atomic E-state index is -0.333. The minimum Gasteiger partial charge on any atom is -0.463 e. The van der Waals surface area contributed by atoms with Crippen molar-refractivity contribution in [1.29, 1.82) is 0 Å². The van der Waals surface area contributed by atoms with Crippen LogP contribution in [-0.4, -0.2) is 12.6 Å². The minimum absolute atomic E-state index is 0.333. The third-order valence-corrected chi connectivity index (χ3v) is 3.91. The molecule has 23 heavy (non-hydrogen) atoms. The summed E-state index contributed by atoms with van der Waals surface area (Å²) in [5.74, 6) is 1.06. The lowest BCUT2D eigenvalue weighted by Gasteiger charge is -2.16. The Morgan fingerprint density at radius 1 is 1.00 bits per heavy atom. The highest BCUT2D eigenvalue weighted by Gasteiger charge is 2.14. The van der Waals surface area contributed by atoms with Crippen LogP contribution in [0.25, 0.3) is 5.76 Å². The molecule has 0 bridgehead atoms. The fourth-order valence-corrected chi connectivity index (χ4v) is 2.06. The van der Waals surface area contributed by atoms with Crippen molar-refractivity contribution in [2.24, 2.45) is 0 Å². The number of ether oxygens (including phenoxy) is 2. The molecule has 0 amide bonds. The molecule has 0 saturated heterocycles. The van der Waals surface area contributed by atoms with Gasteiger partial charge in [-0.2, -0.15) is 0 Å². The second-order valence-corrected chi connectivity index (χ2v) is 5.52. The second-order valence-electron chi connectivity index (χ2n) is 5.52. The van der Waals surface area contributed by atoms with Crippen LogP contribution in [0.3, 0.4) is 0 Å². The summed E-state index contributed by atoms with van der Waals surface area (Å²) in [6, 6.07) is 8.36. The van der Waals surface area contributed by atoms with Gasteiger partial charge in [0.15, 0.2) is 0 Å². The molecular formula is C20H28O3. The van der Waals surface area contributed by atoms with Gasteiger partial charge in [-0.25, -0.2) is 4.79 Å². The van der Waals surface area contributed by atoms with Crippen molar-refractivity contribution in [3.8, 4) is 0 Å². The molecule has 0 radical (unpaired) electrons. The first-order chi connectivity index (χ1) is 10.9. The van der Waals surface area contributed by atoms with Crippen LogP contribution in [0.2, 0.25) is 0 Å². The molecule has 126 valence electrons. The molecule has 1 aromatic rings. The van der Waals surface area contributed by atoms with E-state index in [0.29, 0.717) is 17.9 Å². The van der Waals surface area contributed by atoms with E-state index in [0.717, 1.165) is 29.7 Å². The lowest BCUT2D eigenvalue weighted by molar-refractivity contribution is -0.138. The van der Waals surface area contributed by atoms with Gasteiger partial charge < -0.3 is 9.47 Å². The maximum atomic E-state index is 11.8. The molecule has 0 fully saturated rings. The molecule has 3 heteroatoms. The van der Waals surface area contributed by atoms with E-state index in [2.05, 4.69) is 45.0 Å². The van der Waals surface area contributed by atoms with Gasteiger partial charge >= 0.3 is 5.97 Å². The highest BCUT2D eigenvalue weighted by Crippen LogP contribution is 2.26. The van der Waals surface area contributed by atoms with Crippen molar-refractivity contribution in [3.05, 3.63) is 52.3 Å². The predicted molar refractivity (Wildman–Crippen MR) is 94.8 cm³/mol. The molecule has 0 saturated carbocycles. The maximum Gasteiger partial charge on any atom is 0.337 e. The third-order valence-electron chi connectivity index (χ3n) is 3.91. The monoisotopic (exact) mass is 316 g/mol. The van der Waals surface area contributed by atoms with Gasteiger partial charge in [-0.3, -0.25) is 0 Å². The van der Waals surface area contributed by atoms with Gasteiger partial charge in [0.25, 0.3) is 0 Å². The van der Waals surface area contributed by atoms with E-state index < -0.39 is 0 Å². The number of carbonyl (C=O) groups excluding carboxylic acids is 1. The SMILES string of the molecule is CCOC(=O)/C(C)=C(\C)OC(=C(C)CC)c1ccc(CC)cc1. The van der Waals surface area contributed by atoms with E-state index in [-0.39, 0.29) is 5.97 Å². The van der Waals surface area contributed by atoms with E-state index in [4.69, 9.17) is 9.47 Å². The first-order valence-corrected chi connectivity index (χ1v) is 8.25. The second kappa shape index (κ2) is 9.19. The van der Waals surface area contributed by atoms with E-state index >= 15 is 0 Å². The fourth-order valence-electron chi connectivity index (χ4n) is 2.06. The molecule has 0 unspecified atom stereocenters. The zero-order valence-electron chi connectivity index (χ0n) is 15.2. The smallest absolute Gasteiger partial charge is 0.337 e. The number of hydrogen-bond acceptors (Lipinski definition) is 3. The maximum absolute atomic E-state index is 11.8. The van der Waals surface area contributed by atoms with Crippen LogP contribution in [0.15, 0.2) is 41.2 Å². The third kappa shape index (κ3) is 5.27. The van der Waals surface area contributed by atoms with Crippen molar-refractivity contribution in [1.82, 2.24) is 0 Å². The average molecular weight is 316 g/mol. The quantitative estimate of drug-likeness (QED) is 0.391. The largest absolute Gasteiger partial charge is 0.463 e. The standard InChI is InChI=1S/C20H28O3/c1-7-14(4)19(18-12-10-17(8-2)11-13-18)23-16(6)15(5)20(21)22-9-3/h10-13H,7-9H2,1-6H3/b16-15+,19-14?.